The second-order valence-electron chi connectivity index (χ2n) is 6.48. The largest absolute Gasteiger partial charge is 0.494 e. The van der Waals surface area contributed by atoms with E-state index in [1.165, 1.54) is 32.4 Å². The van der Waals surface area contributed by atoms with Gasteiger partial charge in [0.2, 0.25) is 5.91 Å². The van der Waals surface area contributed by atoms with E-state index in [1.807, 2.05) is 0 Å². The number of hydrogen-bond acceptors (Lipinski definition) is 5. The van der Waals surface area contributed by atoms with Crippen molar-refractivity contribution in [2.45, 2.75) is 4.90 Å². The first-order valence-electron chi connectivity index (χ1n) is 9.41. The summed E-state index contributed by atoms with van der Waals surface area (Å²) in [6.07, 6.45) is 0. The molecule has 3 rings (SSSR count). The molecule has 0 aliphatic heterocycles. The second-order valence-corrected chi connectivity index (χ2v) is 7.50. The molecule has 3 aromatic rings. The number of amides is 2. The average molecular weight is 458 g/mol. The molecule has 0 aliphatic carbocycles. The number of nitrogens with one attached hydrogen (secondary N) is 2. The Balaban J connectivity index is 1.73. The summed E-state index contributed by atoms with van der Waals surface area (Å²) in [5, 5.41) is 5.43. The summed E-state index contributed by atoms with van der Waals surface area (Å²) in [5.41, 5.74) is 1.14. The Labute approximate surface area is 187 Å². The maximum atomic E-state index is 13.8. The number of benzene rings is 3. The highest BCUT2D eigenvalue weighted by Crippen LogP contribution is 2.37. The Morgan fingerprint density at radius 3 is 2.09 bits per heavy atom. The first-order valence-corrected chi connectivity index (χ1v) is 10.4. The molecular formula is C23H20F2N2O4S. The monoisotopic (exact) mass is 458 g/mol. The zero-order chi connectivity index (χ0) is 23.1. The van der Waals surface area contributed by atoms with Crippen LogP contribution in [-0.4, -0.2) is 31.8 Å². The molecule has 0 atom stereocenters. The molecule has 0 unspecified atom stereocenters. The van der Waals surface area contributed by atoms with Crippen LogP contribution in [0.4, 0.5) is 20.2 Å². The smallest absolute Gasteiger partial charge is 0.255 e. The summed E-state index contributed by atoms with van der Waals surface area (Å²) >= 11 is 0.933. The molecule has 0 aromatic heterocycles. The highest BCUT2D eigenvalue weighted by molar-refractivity contribution is 8.00. The molecule has 0 bridgehead atoms. The van der Waals surface area contributed by atoms with Gasteiger partial charge in [0.1, 0.15) is 23.1 Å². The third kappa shape index (κ3) is 5.76. The SMILES string of the molecule is COc1cc(NC(=O)c2ccccc2)c(OC)cc1NC(=O)CSc1ccc(F)cc1F. The van der Waals surface area contributed by atoms with Gasteiger partial charge in [-0.15, -0.1) is 11.8 Å². The first kappa shape index (κ1) is 23.1. The van der Waals surface area contributed by atoms with Gasteiger partial charge in [-0.3, -0.25) is 9.59 Å². The van der Waals surface area contributed by atoms with Crippen LogP contribution in [0.5, 0.6) is 11.5 Å². The third-order valence-electron chi connectivity index (χ3n) is 4.33. The molecule has 0 saturated heterocycles. The van der Waals surface area contributed by atoms with Gasteiger partial charge in [0.15, 0.2) is 0 Å². The molecular weight excluding hydrogens is 438 g/mol. The molecule has 2 N–H and O–H groups in total. The summed E-state index contributed by atoms with van der Waals surface area (Å²) in [6.45, 7) is 0. The zero-order valence-electron chi connectivity index (χ0n) is 17.3. The predicted octanol–water partition coefficient (Wildman–Crippen LogP) is 4.97. The van der Waals surface area contributed by atoms with Gasteiger partial charge in [-0.2, -0.15) is 0 Å². The number of anilines is 2. The normalized spacial score (nSPS) is 10.4. The molecule has 0 spiro atoms. The Morgan fingerprint density at radius 1 is 0.875 bits per heavy atom. The van der Waals surface area contributed by atoms with E-state index in [4.69, 9.17) is 9.47 Å². The van der Waals surface area contributed by atoms with Crippen molar-refractivity contribution < 1.29 is 27.8 Å². The van der Waals surface area contributed by atoms with Crippen molar-refractivity contribution in [2.24, 2.45) is 0 Å². The number of halogens is 2. The van der Waals surface area contributed by atoms with Crippen LogP contribution in [0.1, 0.15) is 10.4 Å². The molecule has 0 heterocycles. The lowest BCUT2D eigenvalue weighted by Gasteiger charge is -2.16. The van der Waals surface area contributed by atoms with Crippen LogP contribution >= 0.6 is 11.8 Å². The number of rotatable bonds is 8. The molecule has 0 saturated carbocycles. The lowest BCUT2D eigenvalue weighted by molar-refractivity contribution is -0.113. The number of carbonyl (C=O) groups excluding carboxylic acids is 2. The van der Waals surface area contributed by atoms with E-state index in [9.17, 15) is 18.4 Å². The summed E-state index contributed by atoms with van der Waals surface area (Å²) in [7, 11) is 2.85. The quantitative estimate of drug-likeness (QED) is 0.467. The van der Waals surface area contributed by atoms with E-state index in [0.717, 1.165) is 23.9 Å². The minimum absolute atomic E-state index is 0.111. The highest BCUT2D eigenvalue weighted by atomic mass is 32.2. The Kier molecular flexibility index (Phi) is 7.67. The molecule has 0 aliphatic rings. The zero-order valence-corrected chi connectivity index (χ0v) is 18.1. The van der Waals surface area contributed by atoms with Crippen LogP contribution in [0.2, 0.25) is 0 Å². The van der Waals surface area contributed by atoms with Crippen LogP contribution in [0.15, 0.2) is 65.6 Å². The number of methoxy groups -OCH3 is 2. The first-order chi connectivity index (χ1) is 15.4. The molecule has 0 radical (unpaired) electrons. The molecule has 2 amide bonds. The molecule has 0 fully saturated rings. The average Bonchev–Trinajstić information content (AvgIpc) is 2.79. The Morgan fingerprint density at radius 2 is 1.50 bits per heavy atom. The number of carbonyl (C=O) groups is 2. The summed E-state index contributed by atoms with van der Waals surface area (Å²) < 4.78 is 37.5. The second kappa shape index (κ2) is 10.6. The van der Waals surface area contributed by atoms with E-state index in [0.29, 0.717) is 28.4 Å². The maximum Gasteiger partial charge on any atom is 0.255 e. The van der Waals surface area contributed by atoms with Gasteiger partial charge in [0, 0.05) is 28.7 Å². The summed E-state index contributed by atoms with van der Waals surface area (Å²) in [5.74, 6) is -1.70. The summed E-state index contributed by atoms with van der Waals surface area (Å²) in [4.78, 5) is 25.0. The lowest BCUT2D eigenvalue weighted by Crippen LogP contribution is -2.16. The van der Waals surface area contributed by atoms with Gasteiger partial charge in [0.25, 0.3) is 5.91 Å². The van der Waals surface area contributed by atoms with Gasteiger partial charge < -0.3 is 20.1 Å². The minimum Gasteiger partial charge on any atom is -0.494 e. The van der Waals surface area contributed by atoms with Gasteiger partial charge in [-0.1, -0.05) is 18.2 Å². The van der Waals surface area contributed by atoms with Crippen LogP contribution in [0.3, 0.4) is 0 Å². The topological polar surface area (TPSA) is 76.7 Å². The molecule has 32 heavy (non-hydrogen) atoms. The number of hydrogen-bond donors (Lipinski definition) is 2. The third-order valence-corrected chi connectivity index (χ3v) is 5.38. The van der Waals surface area contributed by atoms with E-state index in [-0.39, 0.29) is 16.6 Å². The minimum atomic E-state index is -0.736. The van der Waals surface area contributed by atoms with Crippen LogP contribution in [0, 0.1) is 11.6 Å². The molecule has 3 aromatic carbocycles. The van der Waals surface area contributed by atoms with Gasteiger partial charge in [-0.25, -0.2) is 8.78 Å². The molecule has 6 nitrogen and oxygen atoms in total. The van der Waals surface area contributed by atoms with Crippen molar-refractivity contribution in [1.82, 2.24) is 0 Å². The van der Waals surface area contributed by atoms with E-state index in [1.54, 1.807) is 30.3 Å². The van der Waals surface area contributed by atoms with Crippen molar-refractivity contribution in [3.05, 3.63) is 77.9 Å². The van der Waals surface area contributed by atoms with Crippen molar-refractivity contribution in [3.63, 3.8) is 0 Å². The van der Waals surface area contributed by atoms with Crippen LogP contribution in [-0.2, 0) is 4.79 Å². The van der Waals surface area contributed by atoms with E-state index < -0.39 is 17.5 Å². The molecule has 166 valence electrons. The number of ether oxygens (including phenoxy) is 2. The van der Waals surface area contributed by atoms with Crippen LogP contribution in [0.25, 0.3) is 0 Å². The predicted molar refractivity (Wildman–Crippen MR) is 120 cm³/mol. The fraction of sp³-hybridized carbons (Fsp3) is 0.130. The Bertz CT molecular complexity index is 1130. The summed E-state index contributed by atoms with van der Waals surface area (Å²) in [6, 6.07) is 14.9. The number of thioether (sulfide) groups is 1. The fourth-order valence-corrected chi connectivity index (χ4v) is 3.52. The van der Waals surface area contributed by atoms with Gasteiger partial charge in [0.05, 0.1) is 31.3 Å². The van der Waals surface area contributed by atoms with E-state index >= 15 is 0 Å². The van der Waals surface area contributed by atoms with Crippen LogP contribution < -0.4 is 20.1 Å². The Hall–Kier alpha value is -3.59. The maximum absolute atomic E-state index is 13.8. The van der Waals surface area contributed by atoms with Crippen molar-refractivity contribution in [3.8, 4) is 11.5 Å². The van der Waals surface area contributed by atoms with Gasteiger partial charge in [-0.05, 0) is 24.3 Å². The van der Waals surface area contributed by atoms with Crippen molar-refractivity contribution >= 4 is 35.0 Å². The van der Waals surface area contributed by atoms with Crippen molar-refractivity contribution in [2.75, 3.05) is 30.6 Å². The fourth-order valence-electron chi connectivity index (χ4n) is 2.80. The lowest BCUT2D eigenvalue weighted by atomic mass is 10.2. The van der Waals surface area contributed by atoms with Gasteiger partial charge >= 0.3 is 0 Å². The van der Waals surface area contributed by atoms with Crippen molar-refractivity contribution in [1.29, 1.82) is 0 Å². The van der Waals surface area contributed by atoms with E-state index in [2.05, 4.69) is 10.6 Å². The molecule has 9 heteroatoms. The highest BCUT2D eigenvalue weighted by Gasteiger charge is 2.17. The standard InChI is InChI=1S/C23H20F2N2O4S/c1-30-19-12-18(27-23(29)14-6-4-3-5-7-14)20(31-2)11-17(19)26-22(28)13-32-21-9-8-15(24)10-16(21)25/h3-12H,13H2,1-2H3,(H,26,28)(H,27,29).